The summed E-state index contributed by atoms with van der Waals surface area (Å²) in [6.07, 6.45) is 8.32. The molecule has 0 radical (unpaired) electrons. The Kier molecular flexibility index (Phi) is 2.40. The molecule has 1 aliphatic carbocycles. The molecule has 1 aliphatic heterocycles. The van der Waals surface area contributed by atoms with Crippen molar-refractivity contribution in [3.05, 3.63) is 29.8 Å². The summed E-state index contributed by atoms with van der Waals surface area (Å²) in [6.45, 7) is 0. The fourth-order valence-electron chi connectivity index (χ4n) is 3.16. The highest BCUT2D eigenvalue weighted by atomic mass is 14.9. The van der Waals surface area contributed by atoms with Gasteiger partial charge in [-0.05, 0) is 43.2 Å². The van der Waals surface area contributed by atoms with Gasteiger partial charge >= 0.3 is 0 Å². The molecule has 1 fully saturated rings. The molecule has 15 heavy (non-hydrogen) atoms. The molecule has 1 heterocycles. The van der Waals surface area contributed by atoms with Crippen LogP contribution in [0.15, 0.2) is 24.3 Å². The summed E-state index contributed by atoms with van der Waals surface area (Å²) in [6, 6.07) is 9.58. The molecular formula is C14H19N. The van der Waals surface area contributed by atoms with Crippen molar-refractivity contribution in [3.63, 3.8) is 0 Å². The summed E-state index contributed by atoms with van der Waals surface area (Å²) in [5.74, 6) is 0.922. The first-order valence-electron chi connectivity index (χ1n) is 6.28. The average Bonchev–Trinajstić information content (AvgIpc) is 2.48. The van der Waals surface area contributed by atoms with Gasteiger partial charge in [0.1, 0.15) is 0 Å². The van der Waals surface area contributed by atoms with Crippen LogP contribution in [-0.2, 0) is 6.42 Å². The highest BCUT2D eigenvalue weighted by Gasteiger charge is 2.27. The maximum atomic E-state index is 3.76. The van der Waals surface area contributed by atoms with E-state index < -0.39 is 0 Å². The van der Waals surface area contributed by atoms with Crippen LogP contribution >= 0.6 is 0 Å². The van der Waals surface area contributed by atoms with Crippen LogP contribution in [0.4, 0.5) is 5.69 Å². The fraction of sp³-hybridized carbons (Fsp3) is 0.571. The Morgan fingerprint density at radius 3 is 2.87 bits per heavy atom. The number of fused-ring (bicyclic) bond motifs is 2. The molecule has 0 amide bonds. The molecule has 0 saturated heterocycles. The number of hydrogen-bond acceptors (Lipinski definition) is 1. The minimum atomic E-state index is 0.752. The molecule has 3 rings (SSSR count). The number of hydrogen-bond donors (Lipinski definition) is 1. The molecular weight excluding hydrogens is 182 g/mol. The van der Waals surface area contributed by atoms with Crippen molar-refractivity contribution in [3.8, 4) is 0 Å². The maximum Gasteiger partial charge on any atom is 0.0374 e. The average molecular weight is 201 g/mol. The van der Waals surface area contributed by atoms with Crippen LogP contribution in [0.3, 0.4) is 0 Å². The molecule has 2 atom stereocenters. The second kappa shape index (κ2) is 3.88. The Morgan fingerprint density at radius 1 is 1.00 bits per heavy atom. The van der Waals surface area contributed by atoms with Crippen molar-refractivity contribution in [2.75, 3.05) is 5.32 Å². The van der Waals surface area contributed by atoms with Crippen molar-refractivity contribution in [2.24, 2.45) is 5.92 Å². The third-order valence-electron chi connectivity index (χ3n) is 4.05. The molecule has 2 unspecified atom stereocenters. The van der Waals surface area contributed by atoms with E-state index in [9.17, 15) is 0 Å². The summed E-state index contributed by atoms with van der Waals surface area (Å²) in [5, 5.41) is 3.76. The molecule has 80 valence electrons. The Morgan fingerprint density at radius 2 is 1.87 bits per heavy atom. The number of aryl methyl sites for hydroxylation is 1. The smallest absolute Gasteiger partial charge is 0.0374 e. The lowest BCUT2D eigenvalue weighted by Crippen LogP contribution is -2.30. The van der Waals surface area contributed by atoms with E-state index in [1.807, 2.05) is 0 Å². The number of rotatable bonds is 0. The van der Waals surface area contributed by atoms with Crippen molar-refractivity contribution < 1.29 is 0 Å². The zero-order valence-corrected chi connectivity index (χ0v) is 9.21. The summed E-state index contributed by atoms with van der Waals surface area (Å²) in [7, 11) is 0. The van der Waals surface area contributed by atoms with Crippen molar-refractivity contribution >= 4 is 5.69 Å². The Hall–Kier alpha value is -0.980. The van der Waals surface area contributed by atoms with Gasteiger partial charge in [-0.1, -0.05) is 31.0 Å². The SMILES string of the molecule is c1ccc2c(c1)CCC1CCCCC1N2. The van der Waals surface area contributed by atoms with Gasteiger partial charge in [0.2, 0.25) is 0 Å². The van der Waals surface area contributed by atoms with Gasteiger partial charge in [0.25, 0.3) is 0 Å². The minimum Gasteiger partial charge on any atom is -0.382 e. The second-order valence-electron chi connectivity index (χ2n) is 4.99. The summed E-state index contributed by atoms with van der Waals surface area (Å²) in [4.78, 5) is 0. The normalized spacial score (nSPS) is 29.6. The monoisotopic (exact) mass is 201 g/mol. The zero-order valence-electron chi connectivity index (χ0n) is 9.21. The summed E-state index contributed by atoms with van der Waals surface area (Å²) < 4.78 is 0. The first-order valence-corrected chi connectivity index (χ1v) is 6.28. The predicted molar refractivity (Wildman–Crippen MR) is 64.1 cm³/mol. The van der Waals surface area contributed by atoms with Crippen LogP contribution < -0.4 is 5.32 Å². The third-order valence-corrected chi connectivity index (χ3v) is 4.05. The molecule has 0 spiro atoms. The topological polar surface area (TPSA) is 12.0 Å². The lowest BCUT2D eigenvalue weighted by atomic mass is 9.82. The molecule has 0 bridgehead atoms. The van der Waals surface area contributed by atoms with E-state index in [0.717, 1.165) is 12.0 Å². The summed E-state index contributed by atoms with van der Waals surface area (Å²) in [5.41, 5.74) is 2.92. The third kappa shape index (κ3) is 1.75. The van der Waals surface area contributed by atoms with Gasteiger partial charge in [0, 0.05) is 11.7 Å². The number of para-hydroxylation sites is 1. The van der Waals surface area contributed by atoms with Crippen LogP contribution in [0.1, 0.15) is 37.7 Å². The van der Waals surface area contributed by atoms with Gasteiger partial charge in [0.05, 0.1) is 0 Å². The number of anilines is 1. The highest BCUT2D eigenvalue weighted by Crippen LogP contribution is 2.34. The van der Waals surface area contributed by atoms with Gasteiger partial charge in [-0.2, -0.15) is 0 Å². The van der Waals surface area contributed by atoms with Crippen LogP contribution in [-0.4, -0.2) is 6.04 Å². The van der Waals surface area contributed by atoms with E-state index in [0.29, 0.717) is 0 Å². The Balaban J connectivity index is 1.88. The largest absolute Gasteiger partial charge is 0.382 e. The molecule has 1 nitrogen and oxygen atoms in total. The maximum absolute atomic E-state index is 3.76. The molecule has 1 heteroatoms. The van der Waals surface area contributed by atoms with E-state index in [-0.39, 0.29) is 0 Å². The first kappa shape index (κ1) is 9.26. The second-order valence-corrected chi connectivity index (χ2v) is 4.99. The van der Waals surface area contributed by atoms with Gasteiger partial charge < -0.3 is 5.32 Å². The molecule has 2 aliphatic rings. The lowest BCUT2D eigenvalue weighted by molar-refractivity contribution is 0.313. The zero-order chi connectivity index (χ0) is 10.1. The van der Waals surface area contributed by atoms with Crippen LogP contribution in [0, 0.1) is 5.92 Å². The van der Waals surface area contributed by atoms with Crippen molar-refractivity contribution in [2.45, 2.75) is 44.6 Å². The fourth-order valence-corrected chi connectivity index (χ4v) is 3.16. The lowest BCUT2D eigenvalue weighted by Gasteiger charge is -2.30. The Labute approximate surface area is 91.9 Å². The molecule has 1 saturated carbocycles. The van der Waals surface area contributed by atoms with E-state index >= 15 is 0 Å². The quantitative estimate of drug-likeness (QED) is 0.676. The van der Waals surface area contributed by atoms with Gasteiger partial charge in [-0.15, -0.1) is 0 Å². The molecule has 1 aromatic carbocycles. The van der Waals surface area contributed by atoms with Crippen LogP contribution in [0.5, 0.6) is 0 Å². The standard InChI is InChI=1S/C14H19N/c1-3-7-13-11(5-1)9-10-12-6-2-4-8-14(12)15-13/h1,3,5,7,12,14-15H,2,4,6,8-10H2. The van der Waals surface area contributed by atoms with Gasteiger partial charge in [-0.25, -0.2) is 0 Å². The molecule has 1 aromatic rings. The number of nitrogens with one attached hydrogen (secondary N) is 1. The molecule has 1 N–H and O–H groups in total. The van der Waals surface area contributed by atoms with Gasteiger partial charge in [0.15, 0.2) is 0 Å². The van der Waals surface area contributed by atoms with Crippen LogP contribution in [0.25, 0.3) is 0 Å². The van der Waals surface area contributed by atoms with Crippen molar-refractivity contribution in [1.82, 2.24) is 0 Å². The number of benzene rings is 1. The van der Waals surface area contributed by atoms with Gasteiger partial charge in [-0.3, -0.25) is 0 Å². The Bertz CT molecular complexity index is 345. The first-order chi connectivity index (χ1) is 7.43. The van der Waals surface area contributed by atoms with E-state index in [1.165, 1.54) is 49.8 Å². The highest BCUT2D eigenvalue weighted by molar-refractivity contribution is 5.52. The molecule has 0 aromatic heterocycles. The minimum absolute atomic E-state index is 0.752. The van der Waals surface area contributed by atoms with Crippen LogP contribution in [0.2, 0.25) is 0 Å². The predicted octanol–water partition coefficient (Wildman–Crippen LogP) is 3.60. The van der Waals surface area contributed by atoms with E-state index in [1.54, 1.807) is 0 Å². The summed E-state index contributed by atoms with van der Waals surface area (Å²) >= 11 is 0. The van der Waals surface area contributed by atoms with Crippen molar-refractivity contribution in [1.29, 1.82) is 0 Å². The van der Waals surface area contributed by atoms with E-state index in [2.05, 4.69) is 29.6 Å². The van der Waals surface area contributed by atoms with E-state index in [4.69, 9.17) is 0 Å².